The number of hydrogen-bond acceptors (Lipinski definition) is 3. The molecule has 1 heterocycles. The number of nitrogens with one attached hydrogen (secondary N) is 1. The molecule has 2 rings (SSSR count). The highest BCUT2D eigenvalue weighted by atomic mass is 79.9. The van der Waals surface area contributed by atoms with Crippen LogP contribution in [0, 0.1) is 17.1 Å². The summed E-state index contributed by atoms with van der Waals surface area (Å²) < 4.78 is 13.4. The van der Waals surface area contributed by atoms with Gasteiger partial charge in [-0.25, -0.2) is 9.37 Å². The Labute approximate surface area is 106 Å². The van der Waals surface area contributed by atoms with E-state index in [0.29, 0.717) is 10.2 Å². The van der Waals surface area contributed by atoms with E-state index in [-0.39, 0.29) is 5.82 Å². The third-order valence-corrected chi connectivity index (χ3v) is 2.69. The number of anilines is 2. The van der Waals surface area contributed by atoms with Crippen molar-refractivity contribution in [3.63, 3.8) is 0 Å². The molecule has 1 aromatic carbocycles. The first kappa shape index (κ1) is 11.6. The Balaban J connectivity index is 2.20. The number of nitriles is 1. The van der Waals surface area contributed by atoms with Crippen LogP contribution in [0.25, 0.3) is 0 Å². The maximum absolute atomic E-state index is 13.0. The first-order chi connectivity index (χ1) is 8.19. The molecule has 0 spiro atoms. The molecular weight excluding hydrogens is 285 g/mol. The zero-order valence-electron chi connectivity index (χ0n) is 8.61. The molecule has 5 heteroatoms. The van der Waals surface area contributed by atoms with Crippen molar-refractivity contribution in [2.45, 2.75) is 0 Å². The molecule has 3 nitrogen and oxygen atoms in total. The minimum absolute atomic E-state index is 0.312. The highest BCUT2D eigenvalue weighted by Crippen LogP contribution is 2.22. The summed E-state index contributed by atoms with van der Waals surface area (Å²) in [5, 5.41) is 11.7. The van der Waals surface area contributed by atoms with Gasteiger partial charge in [0.1, 0.15) is 17.6 Å². The molecule has 17 heavy (non-hydrogen) atoms. The largest absolute Gasteiger partial charge is 0.354 e. The lowest BCUT2D eigenvalue weighted by Crippen LogP contribution is -1.92. The normalized spacial score (nSPS) is 9.71. The average molecular weight is 292 g/mol. The van der Waals surface area contributed by atoms with Gasteiger partial charge in [-0.15, -0.1) is 0 Å². The number of benzene rings is 1. The molecule has 0 aliphatic carbocycles. The summed E-state index contributed by atoms with van der Waals surface area (Å²) in [6.07, 6.45) is 1.55. The average Bonchev–Trinajstić information content (AvgIpc) is 2.35. The van der Waals surface area contributed by atoms with Crippen LogP contribution in [-0.4, -0.2) is 4.98 Å². The first-order valence-electron chi connectivity index (χ1n) is 4.77. The van der Waals surface area contributed by atoms with Gasteiger partial charge in [0.25, 0.3) is 0 Å². The number of nitrogens with zero attached hydrogens (tertiary/aromatic N) is 2. The second kappa shape index (κ2) is 4.93. The monoisotopic (exact) mass is 291 g/mol. The molecule has 0 amide bonds. The van der Waals surface area contributed by atoms with E-state index in [4.69, 9.17) is 5.26 Å². The van der Waals surface area contributed by atoms with E-state index < -0.39 is 0 Å². The summed E-state index contributed by atoms with van der Waals surface area (Å²) in [7, 11) is 0. The van der Waals surface area contributed by atoms with Crippen molar-refractivity contribution in [1.29, 1.82) is 5.26 Å². The zero-order chi connectivity index (χ0) is 12.3. The van der Waals surface area contributed by atoms with Crippen LogP contribution in [-0.2, 0) is 0 Å². The number of aromatic nitrogens is 1. The van der Waals surface area contributed by atoms with Crippen molar-refractivity contribution < 1.29 is 4.39 Å². The first-order valence-corrected chi connectivity index (χ1v) is 5.56. The van der Waals surface area contributed by atoms with E-state index in [2.05, 4.69) is 26.2 Å². The minimum Gasteiger partial charge on any atom is -0.354 e. The van der Waals surface area contributed by atoms with Crippen LogP contribution >= 0.6 is 15.9 Å². The molecule has 0 unspecified atom stereocenters. The van der Waals surface area contributed by atoms with E-state index in [9.17, 15) is 4.39 Å². The molecule has 0 saturated carbocycles. The second-order valence-electron chi connectivity index (χ2n) is 3.30. The molecule has 84 valence electrons. The molecule has 1 aromatic heterocycles. The predicted molar refractivity (Wildman–Crippen MR) is 66.3 cm³/mol. The van der Waals surface area contributed by atoms with Crippen LogP contribution in [0.3, 0.4) is 0 Å². The van der Waals surface area contributed by atoms with Crippen molar-refractivity contribution in [2.24, 2.45) is 0 Å². The molecule has 0 atom stereocenters. The lowest BCUT2D eigenvalue weighted by Gasteiger charge is -2.06. The van der Waals surface area contributed by atoms with Crippen molar-refractivity contribution in [3.05, 3.63) is 52.5 Å². The Morgan fingerprint density at radius 1 is 1.24 bits per heavy atom. The summed E-state index contributed by atoms with van der Waals surface area (Å²) in [5.74, 6) is -0.312. The predicted octanol–water partition coefficient (Wildman–Crippen LogP) is 3.60. The smallest absolute Gasteiger partial charge is 0.140 e. The van der Waals surface area contributed by atoms with Crippen molar-refractivity contribution in [2.75, 3.05) is 5.32 Å². The minimum atomic E-state index is -0.312. The topological polar surface area (TPSA) is 48.7 Å². The van der Waals surface area contributed by atoms with Gasteiger partial charge in [-0.2, -0.15) is 5.26 Å². The van der Waals surface area contributed by atoms with Gasteiger partial charge in [0.05, 0.1) is 16.4 Å². The van der Waals surface area contributed by atoms with E-state index in [0.717, 1.165) is 11.4 Å². The van der Waals surface area contributed by atoms with Gasteiger partial charge in [-0.1, -0.05) is 0 Å². The number of hydrogen-bond donors (Lipinski definition) is 1. The number of halogens is 2. The highest BCUT2D eigenvalue weighted by Gasteiger charge is 2.01. The summed E-state index contributed by atoms with van der Waals surface area (Å²) in [4.78, 5) is 3.92. The zero-order valence-corrected chi connectivity index (χ0v) is 10.2. The summed E-state index contributed by atoms with van der Waals surface area (Å²) >= 11 is 3.11. The SMILES string of the molecule is N#Cc1ccc(Nc2ccc(F)c(Br)c2)cn1. The van der Waals surface area contributed by atoms with E-state index in [1.807, 2.05) is 6.07 Å². The van der Waals surface area contributed by atoms with Gasteiger partial charge in [0, 0.05) is 5.69 Å². The fourth-order valence-electron chi connectivity index (χ4n) is 1.27. The van der Waals surface area contributed by atoms with Crippen molar-refractivity contribution in [3.8, 4) is 6.07 Å². The third kappa shape index (κ3) is 2.80. The molecular formula is C12H7BrFN3. The van der Waals surface area contributed by atoms with Gasteiger partial charge in [-0.05, 0) is 46.3 Å². The Kier molecular flexibility index (Phi) is 3.35. The van der Waals surface area contributed by atoms with Gasteiger partial charge < -0.3 is 5.32 Å². The van der Waals surface area contributed by atoms with Crippen LogP contribution < -0.4 is 5.32 Å². The maximum atomic E-state index is 13.0. The molecule has 2 aromatic rings. The Morgan fingerprint density at radius 2 is 2.00 bits per heavy atom. The quantitative estimate of drug-likeness (QED) is 0.920. The fourth-order valence-corrected chi connectivity index (χ4v) is 1.65. The maximum Gasteiger partial charge on any atom is 0.140 e. The molecule has 0 bridgehead atoms. The Bertz CT molecular complexity index is 575. The van der Waals surface area contributed by atoms with Crippen LogP contribution in [0.15, 0.2) is 41.0 Å². The van der Waals surface area contributed by atoms with E-state index in [1.165, 1.54) is 6.07 Å². The van der Waals surface area contributed by atoms with E-state index in [1.54, 1.807) is 30.5 Å². The lowest BCUT2D eigenvalue weighted by atomic mass is 10.3. The fraction of sp³-hybridized carbons (Fsp3) is 0. The number of pyridine rings is 1. The van der Waals surface area contributed by atoms with Crippen LogP contribution in [0.1, 0.15) is 5.69 Å². The summed E-state index contributed by atoms with van der Waals surface area (Å²) in [6, 6.07) is 9.91. The molecule has 0 radical (unpaired) electrons. The van der Waals surface area contributed by atoms with E-state index >= 15 is 0 Å². The standard InChI is InChI=1S/C12H7BrFN3/c13-11-5-8(3-4-12(11)14)17-10-2-1-9(6-15)16-7-10/h1-5,7,17H. The van der Waals surface area contributed by atoms with Gasteiger partial charge in [0.2, 0.25) is 0 Å². The molecule has 0 saturated heterocycles. The van der Waals surface area contributed by atoms with Crippen LogP contribution in [0.4, 0.5) is 15.8 Å². The third-order valence-electron chi connectivity index (χ3n) is 2.09. The van der Waals surface area contributed by atoms with Crippen molar-refractivity contribution >= 4 is 27.3 Å². The van der Waals surface area contributed by atoms with Crippen LogP contribution in [0.5, 0.6) is 0 Å². The Hall–Kier alpha value is -1.93. The van der Waals surface area contributed by atoms with Gasteiger partial charge in [-0.3, -0.25) is 0 Å². The number of rotatable bonds is 2. The van der Waals surface area contributed by atoms with Crippen molar-refractivity contribution in [1.82, 2.24) is 4.98 Å². The van der Waals surface area contributed by atoms with Gasteiger partial charge >= 0.3 is 0 Å². The highest BCUT2D eigenvalue weighted by molar-refractivity contribution is 9.10. The second-order valence-corrected chi connectivity index (χ2v) is 4.15. The van der Waals surface area contributed by atoms with Gasteiger partial charge in [0.15, 0.2) is 0 Å². The summed E-state index contributed by atoms with van der Waals surface area (Å²) in [6.45, 7) is 0. The summed E-state index contributed by atoms with van der Waals surface area (Å²) in [5.41, 5.74) is 1.84. The molecule has 1 N–H and O–H groups in total. The molecule has 0 aliphatic heterocycles. The Morgan fingerprint density at radius 3 is 2.59 bits per heavy atom. The lowest BCUT2D eigenvalue weighted by molar-refractivity contribution is 0.621. The molecule has 0 aliphatic rings. The molecule has 0 fully saturated rings. The van der Waals surface area contributed by atoms with Crippen LogP contribution in [0.2, 0.25) is 0 Å².